The molecule has 0 bridgehead atoms. The van der Waals surface area contributed by atoms with Crippen LogP contribution in [0.5, 0.6) is 11.5 Å². The number of ether oxygens (including phenoxy) is 1. The van der Waals surface area contributed by atoms with Gasteiger partial charge in [0.25, 0.3) is 5.91 Å². The van der Waals surface area contributed by atoms with Crippen molar-refractivity contribution in [1.29, 1.82) is 0 Å². The highest BCUT2D eigenvalue weighted by atomic mass is 16.5. The fraction of sp³-hybridized carbons (Fsp3) is 0.231. The van der Waals surface area contributed by atoms with Gasteiger partial charge in [0.05, 0.1) is 18.0 Å². The Bertz CT molecular complexity index is 604. The summed E-state index contributed by atoms with van der Waals surface area (Å²) < 4.78 is 7.39. The maximum absolute atomic E-state index is 11.2. The fourth-order valence-electron chi connectivity index (χ4n) is 1.60. The smallest absolute Gasteiger partial charge is 0.250 e. The summed E-state index contributed by atoms with van der Waals surface area (Å²) in [4.78, 5) is 11.2. The van der Waals surface area contributed by atoms with Gasteiger partial charge < -0.3 is 16.2 Å². The molecule has 2 aromatic rings. The molecule has 6 heteroatoms. The van der Waals surface area contributed by atoms with E-state index >= 15 is 0 Å². The minimum atomic E-state index is -0.583. The normalized spacial score (nSPS) is 10.7. The lowest BCUT2D eigenvalue weighted by Crippen LogP contribution is -2.13. The number of rotatable bonds is 4. The van der Waals surface area contributed by atoms with Crippen LogP contribution in [0.4, 0.5) is 5.69 Å². The van der Waals surface area contributed by atoms with Gasteiger partial charge in [0.15, 0.2) is 5.75 Å². The molecule has 1 heterocycles. The van der Waals surface area contributed by atoms with E-state index in [4.69, 9.17) is 16.2 Å². The third kappa shape index (κ3) is 2.85. The van der Waals surface area contributed by atoms with Crippen molar-refractivity contribution in [3.8, 4) is 11.5 Å². The second-order valence-electron chi connectivity index (χ2n) is 4.47. The Morgan fingerprint density at radius 2 is 2.11 bits per heavy atom. The first kappa shape index (κ1) is 12.9. The molecule has 0 unspecified atom stereocenters. The number of nitrogen functional groups attached to an aromatic ring is 1. The fourth-order valence-corrected chi connectivity index (χ4v) is 1.60. The van der Waals surface area contributed by atoms with Crippen molar-refractivity contribution in [3.63, 3.8) is 0 Å². The number of hydrogen-bond donors (Lipinski definition) is 2. The van der Waals surface area contributed by atoms with Crippen LogP contribution >= 0.6 is 0 Å². The second kappa shape index (κ2) is 5.01. The number of aromatic nitrogens is 2. The summed E-state index contributed by atoms with van der Waals surface area (Å²) in [6, 6.07) is 5.03. The number of amides is 1. The SMILES string of the molecule is CC(C)n1cc(Oc2ccc(N)c(C(N)=O)c2)cn1. The first-order valence-corrected chi connectivity index (χ1v) is 5.88. The van der Waals surface area contributed by atoms with Crippen molar-refractivity contribution in [2.24, 2.45) is 5.73 Å². The van der Waals surface area contributed by atoms with Crippen LogP contribution in [0.1, 0.15) is 30.2 Å². The Kier molecular flexibility index (Phi) is 3.41. The van der Waals surface area contributed by atoms with Crippen LogP contribution in [0.25, 0.3) is 0 Å². The van der Waals surface area contributed by atoms with Crippen LogP contribution in [0.2, 0.25) is 0 Å². The average Bonchev–Trinajstić information content (AvgIpc) is 2.80. The number of primary amides is 1. The summed E-state index contributed by atoms with van der Waals surface area (Å²) in [7, 11) is 0. The van der Waals surface area contributed by atoms with Crippen molar-refractivity contribution in [2.75, 3.05) is 5.73 Å². The lowest BCUT2D eigenvalue weighted by molar-refractivity contribution is 0.100. The van der Waals surface area contributed by atoms with E-state index < -0.39 is 5.91 Å². The van der Waals surface area contributed by atoms with Gasteiger partial charge in [-0.25, -0.2) is 0 Å². The van der Waals surface area contributed by atoms with Crippen LogP contribution in [-0.2, 0) is 0 Å². The zero-order chi connectivity index (χ0) is 14.0. The summed E-state index contributed by atoms with van der Waals surface area (Å²) in [6.07, 6.45) is 3.39. The van der Waals surface area contributed by atoms with E-state index in [9.17, 15) is 4.79 Å². The number of benzene rings is 1. The third-order valence-electron chi connectivity index (χ3n) is 2.63. The largest absolute Gasteiger partial charge is 0.454 e. The second-order valence-corrected chi connectivity index (χ2v) is 4.47. The van der Waals surface area contributed by atoms with E-state index in [0.29, 0.717) is 17.2 Å². The molecule has 4 N–H and O–H groups in total. The first-order chi connectivity index (χ1) is 8.97. The molecule has 0 aliphatic carbocycles. The summed E-state index contributed by atoms with van der Waals surface area (Å²) >= 11 is 0. The van der Waals surface area contributed by atoms with Crippen molar-refractivity contribution in [2.45, 2.75) is 19.9 Å². The van der Waals surface area contributed by atoms with Gasteiger partial charge in [-0.2, -0.15) is 5.10 Å². The van der Waals surface area contributed by atoms with E-state index in [1.807, 2.05) is 13.8 Å². The Hall–Kier alpha value is -2.50. The van der Waals surface area contributed by atoms with Gasteiger partial charge >= 0.3 is 0 Å². The monoisotopic (exact) mass is 260 g/mol. The van der Waals surface area contributed by atoms with Gasteiger partial charge in [0.1, 0.15) is 5.75 Å². The minimum Gasteiger partial charge on any atom is -0.454 e. The standard InChI is InChI=1S/C13H16N4O2/c1-8(2)17-7-10(6-16-17)19-9-3-4-12(14)11(5-9)13(15)18/h3-8H,14H2,1-2H3,(H2,15,18). The molecule has 6 nitrogen and oxygen atoms in total. The highest BCUT2D eigenvalue weighted by Crippen LogP contribution is 2.25. The van der Waals surface area contributed by atoms with E-state index in [1.165, 1.54) is 6.07 Å². The molecule has 19 heavy (non-hydrogen) atoms. The molecule has 0 aliphatic rings. The molecule has 1 aromatic heterocycles. The van der Waals surface area contributed by atoms with Crippen LogP contribution in [-0.4, -0.2) is 15.7 Å². The van der Waals surface area contributed by atoms with Gasteiger partial charge in [-0.05, 0) is 32.0 Å². The predicted octanol–water partition coefficient (Wildman–Crippen LogP) is 1.94. The van der Waals surface area contributed by atoms with Crippen molar-refractivity contribution >= 4 is 11.6 Å². The Labute approximate surface area is 111 Å². The van der Waals surface area contributed by atoms with Crippen molar-refractivity contribution in [1.82, 2.24) is 9.78 Å². The third-order valence-corrected chi connectivity index (χ3v) is 2.63. The molecule has 0 saturated carbocycles. The highest BCUT2D eigenvalue weighted by Gasteiger charge is 2.09. The molecular formula is C13H16N4O2. The molecule has 100 valence electrons. The van der Waals surface area contributed by atoms with E-state index in [-0.39, 0.29) is 11.6 Å². The van der Waals surface area contributed by atoms with Gasteiger partial charge in [-0.15, -0.1) is 0 Å². The molecule has 0 aliphatic heterocycles. The number of carbonyl (C=O) groups is 1. The lowest BCUT2D eigenvalue weighted by Gasteiger charge is -2.07. The van der Waals surface area contributed by atoms with Crippen LogP contribution < -0.4 is 16.2 Å². The van der Waals surface area contributed by atoms with E-state index in [1.54, 1.807) is 29.2 Å². The number of hydrogen-bond acceptors (Lipinski definition) is 4. The van der Waals surface area contributed by atoms with Gasteiger partial charge in [0, 0.05) is 11.7 Å². The zero-order valence-electron chi connectivity index (χ0n) is 10.8. The summed E-state index contributed by atoms with van der Waals surface area (Å²) in [6.45, 7) is 4.04. The predicted molar refractivity (Wildman–Crippen MR) is 72.1 cm³/mol. The van der Waals surface area contributed by atoms with Crippen LogP contribution in [0.3, 0.4) is 0 Å². The van der Waals surface area contributed by atoms with Crippen LogP contribution in [0.15, 0.2) is 30.6 Å². The maximum atomic E-state index is 11.2. The average molecular weight is 260 g/mol. The molecule has 0 fully saturated rings. The summed E-state index contributed by atoms with van der Waals surface area (Å²) in [5.74, 6) is 0.501. The quantitative estimate of drug-likeness (QED) is 0.821. The number of carbonyl (C=O) groups excluding carboxylic acids is 1. The highest BCUT2D eigenvalue weighted by molar-refractivity contribution is 5.98. The van der Waals surface area contributed by atoms with Gasteiger partial charge in [0.2, 0.25) is 0 Å². The van der Waals surface area contributed by atoms with E-state index in [0.717, 1.165) is 0 Å². The van der Waals surface area contributed by atoms with Crippen LogP contribution in [0, 0.1) is 0 Å². The zero-order valence-corrected chi connectivity index (χ0v) is 10.8. The Balaban J connectivity index is 2.23. The van der Waals surface area contributed by atoms with Gasteiger partial charge in [-0.1, -0.05) is 0 Å². The molecule has 1 amide bonds. The molecule has 0 spiro atoms. The molecule has 0 radical (unpaired) electrons. The summed E-state index contributed by atoms with van der Waals surface area (Å²) in [5, 5.41) is 4.16. The van der Waals surface area contributed by atoms with Crippen molar-refractivity contribution in [3.05, 3.63) is 36.2 Å². The van der Waals surface area contributed by atoms with Crippen molar-refractivity contribution < 1.29 is 9.53 Å². The number of anilines is 1. The molecule has 1 aromatic carbocycles. The molecule has 2 rings (SSSR count). The number of nitrogens with two attached hydrogens (primary N) is 2. The lowest BCUT2D eigenvalue weighted by atomic mass is 10.1. The van der Waals surface area contributed by atoms with E-state index in [2.05, 4.69) is 5.10 Å². The molecule has 0 atom stereocenters. The topological polar surface area (TPSA) is 96.2 Å². The van der Waals surface area contributed by atoms with Gasteiger partial charge in [-0.3, -0.25) is 9.48 Å². The molecule has 0 saturated heterocycles. The Morgan fingerprint density at radius 3 is 2.68 bits per heavy atom. The summed E-state index contributed by atoms with van der Waals surface area (Å²) in [5.41, 5.74) is 11.5. The maximum Gasteiger partial charge on any atom is 0.250 e. The first-order valence-electron chi connectivity index (χ1n) is 5.88. The number of nitrogens with zero attached hydrogens (tertiary/aromatic N) is 2. The minimum absolute atomic E-state index is 0.244. The Morgan fingerprint density at radius 1 is 1.37 bits per heavy atom. The molecular weight excluding hydrogens is 244 g/mol.